The monoisotopic (exact) mass is 393 g/mol. The molecule has 1 fully saturated rings. The summed E-state index contributed by atoms with van der Waals surface area (Å²) in [6.07, 6.45) is 4.26. The summed E-state index contributed by atoms with van der Waals surface area (Å²) in [7, 11) is 0. The van der Waals surface area contributed by atoms with Crippen LogP contribution in [-0.4, -0.2) is 26.4 Å². The lowest BCUT2D eigenvalue weighted by atomic mass is 10.2. The maximum absolute atomic E-state index is 12.2. The smallest absolute Gasteiger partial charge is 0.225 e. The fourth-order valence-electron chi connectivity index (χ4n) is 2.89. The minimum atomic E-state index is -0.130. The highest BCUT2D eigenvalue weighted by molar-refractivity contribution is 7.99. The Labute approximate surface area is 166 Å². The third-order valence-electron chi connectivity index (χ3n) is 4.46. The first-order valence-corrected chi connectivity index (χ1v) is 10.1. The van der Waals surface area contributed by atoms with Gasteiger partial charge in [0.1, 0.15) is 17.7 Å². The molecule has 28 heavy (non-hydrogen) atoms. The van der Waals surface area contributed by atoms with Gasteiger partial charge >= 0.3 is 0 Å². The molecule has 0 saturated heterocycles. The average Bonchev–Trinajstić information content (AvgIpc) is 3.27. The van der Waals surface area contributed by atoms with Crippen molar-refractivity contribution in [1.29, 1.82) is 5.26 Å². The number of benzene rings is 1. The van der Waals surface area contributed by atoms with E-state index < -0.39 is 0 Å². The predicted octanol–water partition coefficient (Wildman–Crippen LogP) is 3.79. The highest BCUT2D eigenvalue weighted by Crippen LogP contribution is 2.40. The summed E-state index contributed by atoms with van der Waals surface area (Å²) in [5.74, 6) is 2.76. The van der Waals surface area contributed by atoms with Gasteiger partial charge in [0.15, 0.2) is 5.16 Å². The van der Waals surface area contributed by atoms with E-state index in [1.165, 1.54) is 11.8 Å². The third-order valence-corrected chi connectivity index (χ3v) is 5.43. The molecule has 2 heterocycles. The Balaban J connectivity index is 1.37. The number of carbonyl (C=O) groups is 1. The van der Waals surface area contributed by atoms with Gasteiger partial charge in [-0.2, -0.15) is 5.26 Å². The van der Waals surface area contributed by atoms with Crippen LogP contribution in [0.2, 0.25) is 0 Å². The molecule has 4 rings (SSSR count). The quantitative estimate of drug-likeness (QED) is 0.585. The van der Waals surface area contributed by atoms with Gasteiger partial charge in [-0.3, -0.25) is 9.36 Å². The summed E-state index contributed by atoms with van der Waals surface area (Å²) in [6.45, 7) is 0.593. The second kappa shape index (κ2) is 8.31. The predicted molar refractivity (Wildman–Crippen MR) is 105 cm³/mol. The second-order valence-electron chi connectivity index (χ2n) is 6.58. The molecule has 1 N–H and O–H groups in total. The van der Waals surface area contributed by atoms with Crippen LogP contribution in [0.4, 0.5) is 5.69 Å². The van der Waals surface area contributed by atoms with Crippen molar-refractivity contribution < 1.29 is 9.21 Å². The lowest BCUT2D eigenvalue weighted by molar-refractivity contribution is -0.115. The van der Waals surface area contributed by atoms with E-state index in [4.69, 9.17) is 9.68 Å². The molecule has 0 radical (unpaired) electrons. The summed E-state index contributed by atoms with van der Waals surface area (Å²) < 4.78 is 7.56. The lowest BCUT2D eigenvalue weighted by Gasteiger charge is -2.09. The zero-order valence-electron chi connectivity index (χ0n) is 15.2. The maximum atomic E-state index is 12.2. The van der Waals surface area contributed by atoms with Crippen LogP contribution in [0.3, 0.4) is 0 Å². The highest BCUT2D eigenvalue weighted by atomic mass is 32.2. The number of thioether (sulfide) groups is 1. The number of nitriles is 1. The fourth-order valence-corrected chi connectivity index (χ4v) is 3.78. The molecule has 2 aromatic heterocycles. The molecule has 0 spiro atoms. The van der Waals surface area contributed by atoms with Crippen molar-refractivity contribution in [2.45, 2.75) is 36.9 Å². The molecule has 0 unspecified atom stereocenters. The number of para-hydroxylation sites is 1. The Morgan fingerprint density at radius 1 is 1.29 bits per heavy atom. The molecule has 8 heteroatoms. The summed E-state index contributed by atoms with van der Waals surface area (Å²) in [5.41, 5.74) is 0.993. The van der Waals surface area contributed by atoms with Crippen LogP contribution in [-0.2, 0) is 11.3 Å². The molecule has 1 saturated carbocycles. The minimum Gasteiger partial charge on any atom is -0.467 e. The van der Waals surface area contributed by atoms with Gasteiger partial charge < -0.3 is 9.73 Å². The van der Waals surface area contributed by atoms with E-state index in [1.807, 2.05) is 12.1 Å². The molecular formula is C20H19N5O2S. The van der Waals surface area contributed by atoms with Crippen molar-refractivity contribution in [3.8, 4) is 6.07 Å². The van der Waals surface area contributed by atoms with Crippen LogP contribution in [0.25, 0.3) is 0 Å². The minimum absolute atomic E-state index is 0.130. The van der Waals surface area contributed by atoms with Crippen molar-refractivity contribution in [3.63, 3.8) is 0 Å². The van der Waals surface area contributed by atoms with Crippen LogP contribution in [0.5, 0.6) is 0 Å². The zero-order chi connectivity index (χ0) is 19.3. The van der Waals surface area contributed by atoms with Crippen LogP contribution < -0.4 is 5.32 Å². The van der Waals surface area contributed by atoms with E-state index in [-0.39, 0.29) is 5.91 Å². The van der Waals surface area contributed by atoms with E-state index in [0.29, 0.717) is 35.9 Å². The molecule has 1 aromatic carbocycles. The Morgan fingerprint density at radius 3 is 2.89 bits per heavy atom. The van der Waals surface area contributed by atoms with E-state index in [9.17, 15) is 4.79 Å². The van der Waals surface area contributed by atoms with Crippen molar-refractivity contribution in [1.82, 2.24) is 14.8 Å². The van der Waals surface area contributed by atoms with Gasteiger partial charge in [-0.1, -0.05) is 23.9 Å². The molecule has 1 aliphatic rings. The number of carbonyl (C=O) groups excluding carboxylic acids is 1. The standard InChI is InChI=1S/C20H19N5O2S/c21-12-15-4-1-2-6-17(15)22-18(26)9-11-28-20-24-23-19(14-7-8-14)25(20)13-16-5-3-10-27-16/h1-6,10,14H,7-9,11,13H2,(H,22,26). The molecule has 3 aromatic rings. The maximum Gasteiger partial charge on any atom is 0.225 e. The van der Waals surface area contributed by atoms with Gasteiger partial charge in [0, 0.05) is 18.1 Å². The Hall–Kier alpha value is -3.05. The molecule has 142 valence electrons. The average molecular weight is 393 g/mol. The molecule has 0 bridgehead atoms. The second-order valence-corrected chi connectivity index (χ2v) is 7.65. The number of anilines is 1. The van der Waals surface area contributed by atoms with E-state index in [2.05, 4.69) is 26.2 Å². The largest absolute Gasteiger partial charge is 0.467 e. The van der Waals surface area contributed by atoms with Crippen LogP contribution >= 0.6 is 11.8 Å². The van der Waals surface area contributed by atoms with E-state index in [0.717, 1.165) is 29.6 Å². The van der Waals surface area contributed by atoms with Gasteiger partial charge in [0.05, 0.1) is 24.1 Å². The topological polar surface area (TPSA) is 96.7 Å². The van der Waals surface area contributed by atoms with Gasteiger partial charge in [0.25, 0.3) is 0 Å². The van der Waals surface area contributed by atoms with Gasteiger partial charge in [-0.05, 0) is 37.1 Å². The number of nitrogens with one attached hydrogen (secondary N) is 1. The molecule has 0 atom stereocenters. The summed E-state index contributed by atoms with van der Waals surface area (Å²) in [5, 5.41) is 21.4. The zero-order valence-corrected chi connectivity index (χ0v) is 16.0. The molecule has 7 nitrogen and oxygen atoms in total. The highest BCUT2D eigenvalue weighted by Gasteiger charge is 2.30. The van der Waals surface area contributed by atoms with Crippen molar-refractivity contribution in [2.75, 3.05) is 11.1 Å². The van der Waals surface area contributed by atoms with Crippen molar-refractivity contribution >= 4 is 23.4 Å². The summed E-state index contributed by atoms with van der Waals surface area (Å²) in [6, 6.07) is 12.9. The normalized spacial score (nSPS) is 13.2. The molecule has 1 amide bonds. The van der Waals surface area contributed by atoms with Gasteiger partial charge in [0.2, 0.25) is 5.91 Å². The Morgan fingerprint density at radius 2 is 2.14 bits per heavy atom. The first kappa shape index (κ1) is 18.3. The number of hydrogen-bond donors (Lipinski definition) is 1. The van der Waals surface area contributed by atoms with Crippen molar-refractivity contribution in [2.24, 2.45) is 0 Å². The SMILES string of the molecule is N#Cc1ccccc1NC(=O)CCSc1nnc(C2CC2)n1Cc1ccco1. The number of rotatable bonds is 8. The summed E-state index contributed by atoms with van der Waals surface area (Å²) in [4.78, 5) is 12.2. The number of furan rings is 1. The van der Waals surface area contributed by atoms with Crippen LogP contribution in [0.1, 0.15) is 42.3 Å². The Kier molecular flexibility index (Phi) is 5.44. The number of amides is 1. The first-order chi connectivity index (χ1) is 13.7. The number of aromatic nitrogens is 3. The van der Waals surface area contributed by atoms with Crippen LogP contribution in [0.15, 0.2) is 52.2 Å². The van der Waals surface area contributed by atoms with Crippen LogP contribution in [0, 0.1) is 11.3 Å². The molecule has 1 aliphatic carbocycles. The number of nitrogens with zero attached hydrogens (tertiary/aromatic N) is 4. The fraction of sp³-hybridized carbons (Fsp3) is 0.300. The molecular weight excluding hydrogens is 374 g/mol. The van der Waals surface area contributed by atoms with E-state index >= 15 is 0 Å². The molecule has 0 aliphatic heterocycles. The third kappa shape index (κ3) is 4.26. The van der Waals surface area contributed by atoms with Crippen molar-refractivity contribution in [3.05, 3.63) is 59.8 Å². The lowest BCUT2D eigenvalue weighted by Crippen LogP contribution is -2.13. The Bertz CT molecular complexity index is 1000. The van der Waals surface area contributed by atoms with E-state index in [1.54, 1.807) is 30.5 Å². The van der Waals surface area contributed by atoms with Gasteiger partial charge in [-0.15, -0.1) is 10.2 Å². The first-order valence-electron chi connectivity index (χ1n) is 9.12. The summed E-state index contributed by atoms with van der Waals surface area (Å²) >= 11 is 1.51. The number of hydrogen-bond acceptors (Lipinski definition) is 6. The van der Waals surface area contributed by atoms with Gasteiger partial charge in [-0.25, -0.2) is 0 Å².